The predicted molar refractivity (Wildman–Crippen MR) is 126 cm³/mol. The van der Waals surface area contributed by atoms with Crippen LogP contribution < -0.4 is 21.7 Å². The van der Waals surface area contributed by atoms with Gasteiger partial charge in [-0.2, -0.15) is 12.6 Å². The highest BCUT2D eigenvalue weighted by Gasteiger charge is 2.30. The van der Waals surface area contributed by atoms with E-state index in [2.05, 4.69) is 33.6 Å². The number of aliphatic hydroxyl groups excluding tert-OH is 2. The van der Waals surface area contributed by atoms with Gasteiger partial charge in [-0.15, -0.1) is 0 Å². The van der Waals surface area contributed by atoms with Gasteiger partial charge in [0.1, 0.15) is 24.2 Å². The number of nitrogens with two attached hydrogens (primary N) is 1. The molecule has 0 aliphatic heterocycles. The molecule has 1 aromatic carbocycles. The number of carbonyl (C=O) groups excluding carboxylic acids is 3. The Bertz CT molecular complexity index is 1030. The summed E-state index contributed by atoms with van der Waals surface area (Å²) in [6.07, 6.45) is 0.449. The molecular formula is C21H29N5O7S. The van der Waals surface area contributed by atoms with Crippen molar-refractivity contribution in [2.24, 2.45) is 5.73 Å². The Kier molecular flexibility index (Phi) is 9.86. The topological polar surface area (TPSA) is 207 Å². The molecule has 0 spiro atoms. The van der Waals surface area contributed by atoms with Gasteiger partial charge in [0.05, 0.1) is 12.7 Å². The van der Waals surface area contributed by atoms with Crippen molar-refractivity contribution in [1.29, 1.82) is 0 Å². The van der Waals surface area contributed by atoms with Crippen molar-refractivity contribution in [1.82, 2.24) is 20.9 Å². The number of thiol groups is 1. The molecule has 5 unspecified atom stereocenters. The van der Waals surface area contributed by atoms with Crippen LogP contribution in [-0.4, -0.2) is 86.6 Å². The molecule has 0 saturated carbocycles. The maximum atomic E-state index is 12.6. The lowest BCUT2D eigenvalue weighted by Crippen LogP contribution is -2.59. The summed E-state index contributed by atoms with van der Waals surface area (Å²) in [6, 6.07) is 1.95. The third-order valence-electron chi connectivity index (χ3n) is 5.17. The summed E-state index contributed by atoms with van der Waals surface area (Å²) in [5, 5.41) is 36.3. The lowest BCUT2D eigenvalue weighted by atomic mass is 10.0. The van der Waals surface area contributed by atoms with E-state index in [1.54, 1.807) is 12.3 Å². The predicted octanol–water partition coefficient (Wildman–Crippen LogP) is -2.12. The van der Waals surface area contributed by atoms with Gasteiger partial charge in [-0.1, -0.05) is 18.2 Å². The molecule has 0 saturated heterocycles. The first kappa shape index (κ1) is 27.1. The van der Waals surface area contributed by atoms with Crippen LogP contribution >= 0.6 is 12.6 Å². The van der Waals surface area contributed by atoms with E-state index in [9.17, 15) is 34.5 Å². The Labute approximate surface area is 200 Å². The molecule has 1 heterocycles. The third kappa shape index (κ3) is 6.93. The SMILES string of the molecule is CC(O)C(N)C(=O)NC(CS)C(=O)NC(CO)C(=O)NC(Cc1c[nH]c2ccccc12)C(=O)O. The molecule has 2 rings (SSSR count). The largest absolute Gasteiger partial charge is 0.480 e. The van der Waals surface area contributed by atoms with Crippen molar-refractivity contribution in [3.63, 3.8) is 0 Å². The number of H-pyrrole nitrogens is 1. The molecule has 9 N–H and O–H groups in total. The fourth-order valence-corrected chi connectivity index (χ4v) is 3.40. The van der Waals surface area contributed by atoms with Gasteiger partial charge in [-0.05, 0) is 18.6 Å². The zero-order valence-corrected chi connectivity index (χ0v) is 19.3. The summed E-state index contributed by atoms with van der Waals surface area (Å²) < 4.78 is 0. The van der Waals surface area contributed by atoms with Gasteiger partial charge in [0.25, 0.3) is 0 Å². The number of aliphatic carboxylic acids is 1. The molecule has 2 aromatic rings. The molecule has 0 aliphatic rings. The molecular weight excluding hydrogens is 466 g/mol. The van der Waals surface area contributed by atoms with Crippen LogP contribution in [0.2, 0.25) is 0 Å². The van der Waals surface area contributed by atoms with Gasteiger partial charge in [0.2, 0.25) is 17.7 Å². The maximum absolute atomic E-state index is 12.6. The number of aromatic amines is 1. The van der Waals surface area contributed by atoms with Gasteiger partial charge in [-0.25, -0.2) is 4.79 Å². The second-order valence-corrected chi connectivity index (χ2v) is 8.08. The average molecular weight is 496 g/mol. The quantitative estimate of drug-likeness (QED) is 0.148. The Balaban J connectivity index is 2.05. The van der Waals surface area contributed by atoms with E-state index in [1.165, 1.54) is 6.92 Å². The first-order valence-electron chi connectivity index (χ1n) is 10.4. The highest BCUT2D eigenvalue weighted by Crippen LogP contribution is 2.19. The smallest absolute Gasteiger partial charge is 0.326 e. The van der Waals surface area contributed by atoms with Gasteiger partial charge in [-0.3, -0.25) is 14.4 Å². The summed E-state index contributed by atoms with van der Waals surface area (Å²) in [4.78, 5) is 51.9. The Hall–Kier alpha value is -3.13. The molecule has 186 valence electrons. The summed E-state index contributed by atoms with van der Waals surface area (Å²) in [7, 11) is 0. The summed E-state index contributed by atoms with van der Waals surface area (Å²) >= 11 is 3.99. The number of carbonyl (C=O) groups is 4. The van der Waals surface area contributed by atoms with Crippen molar-refractivity contribution in [2.75, 3.05) is 12.4 Å². The monoisotopic (exact) mass is 495 g/mol. The first-order chi connectivity index (χ1) is 16.1. The van der Waals surface area contributed by atoms with Crippen LogP contribution in [0.15, 0.2) is 30.5 Å². The van der Waals surface area contributed by atoms with Crippen molar-refractivity contribution in [2.45, 2.75) is 43.6 Å². The van der Waals surface area contributed by atoms with Crippen molar-refractivity contribution in [3.8, 4) is 0 Å². The van der Waals surface area contributed by atoms with E-state index in [1.807, 2.05) is 18.2 Å². The lowest BCUT2D eigenvalue weighted by molar-refractivity contribution is -0.142. The average Bonchev–Trinajstić information content (AvgIpc) is 3.22. The minimum absolute atomic E-state index is 0.0380. The van der Waals surface area contributed by atoms with Crippen LogP contribution in [0.1, 0.15) is 12.5 Å². The number of hydrogen-bond donors (Lipinski definition) is 9. The Morgan fingerprint density at radius 1 is 1.03 bits per heavy atom. The third-order valence-corrected chi connectivity index (χ3v) is 5.53. The van der Waals surface area contributed by atoms with Gasteiger partial charge >= 0.3 is 5.97 Å². The first-order valence-corrected chi connectivity index (χ1v) is 11.1. The number of carboxylic acids is 1. The summed E-state index contributed by atoms with van der Waals surface area (Å²) in [6.45, 7) is 0.485. The number of fused-ring (bicyclic) bond motifs is 1. The zero-order valence-electron chi connectivity index (χ0n) is 18.4. The summed E-state index contributed by atoms with van der Waals surface area (Å²) in [5.41, 5.74) is 7.01. The molecule has 0 radical (unpaired) electrons. The normalized spacial score (nSPS) is 15.6. The molecule has 12 nitrogen and oxygen atoms in total. The fourth-order valence-electron chi connectivity index (χ4n) is 3.14. The lowest BCUT2D eigenvalue weighted by Gasteiger charge is -2.24. The van der Waals surface area contributed by atoms with Gasteiger partial charge in [0.15, 0.2) is 0 Å². The molecule has 0 aliphatic carbocycles. The molecule has 3 amide bonds. The van der Waals surface area contributed by atoms with Crippen LogP contribution in [0.5, 0.6) is 0 Å². The minimum Gasteiger partial charge on any atom is -0.480 e. The van der Waals surface area contributed by atoms with Gasteiger partial charge < -0.3 is 42.0 Å². The highest BCUT2D eigenvalue weighted by atomic mass is 32.1. The van der Waals surface area contributed by atoms with Crippen molar-refractivity contribution >= 4 is 47.2 Å². The van der Waals surface area contributed by atoms with E-state index >= 15 is 0 Å². The minimum atomic E-state index is -1.48. The van der Waals surface area contributed by atoms with Crippen LogP contribution in [0.3, 0.4) is 0 Å². The number of aromatic nitrogens is 1. The van der Waals surface area contributed by atoms with Gasteiger partial charge in [0, 0.05) is 29.3 Å². The van der Waals surface area contributed by atoms with Crippen molar-refractivity contribution in [3.05, 3.63) is 36.0 Å². The molecule has 34 heavy (non-hydrogen) atoms. The molecule has 0 bridgehead atoms. The zero-order chi connectivity index (χ0) is 25.4. The number of carboxylic acid groups (broad SMARTS) is 1. The van der Waals surface area contributed by atoms with E-state index in [0.29, 0.717) is 5.56 Å². The van der Waals surface area contributed by atoms with E-state index in [0.717, 1.165) is 10.9 Å². The van der Waals surface area contributed by atoms with Crippen LogP contribution in [0.4, 0.5) is 0 Å². The van der Waals surface area contributed by atoms with Crippen LogP contribution in [0, 0.1) is 0 Å². The molecule has 0 fully saturated rings. The Morgan fingerprint density at radius 3 is 2.21 bits per heavy atom. The maximum Gasteiger partial charge on any atom is 0.326 e. The molecule has 1 aromatic heterocycles. The number of benzene rings is 1. The Morgan fingerprint density at radius 2 is 1.62 bits per heavy atom. The number of rotatable bonds is 12. The van der Waals surface area contributed by atoms with E-state index in [4.69, 9.17) is 5.73 Å². The number of amides is 3. The molecule has 13 heteroatoms. The second-order valence-electron chi connectivity index (χ2n) is 7.72. The summed E-state index contributed by atoms with van der Waals surface area (Å²) in [5.74, 6) is -4.04. The number of para-hydroxylation sites is 1. The van der Waals surface area contributed by atoms with E-state index < -0.39 is 60.6 Å². The molecule has 5 atom stereocenters. The number of hydrogen-bond acceptors (Lipinski definition) is 8. The highest BCUT2D eigenvalue weighted by molar-refractivity contribution is 7.80. The second kappa shape index (κ2) is 12.4. The van der Waals surface area contributed by atoms with Crippen LogP contribution in [0.25, 0.3) is 10.9 Å². The standard InChI is InChI=1S/C21H29N5O7S/c1-10(28)17(22)20(31)26-16(9-34)19(30)25-15(8-27)18(29)24-14(21(32)33)6-11-7-23-13-5-3-2-4-12(11)13/h2-5,7,10,14-17,23,27-28,34H,6,8-9,22H2,1H3,(H,24,29)(H,25,30)(H,26,31)(H,32,33). The fraction of sp³-hybridized carbons (Fsp3) is 0.429. The van der Waals surface area contributed by atoms with E-state index in [-0.39, 0.29) is 12.2 Å². The number of aliphatic hydroxyl groups is 2. The number of nitrogens with one attached hydrogen (secondary N) is 4. The van der Waals surface area contributed by atoms with Crippen molar-refractivity contribution < 1.29 is 34.5 Å². The van der Waals surface area contributed by atoms with Crippen LogP contribution in [-0.2, 0) is 25.6 Å².